The highest BCUT2D eigenvalue weighted by molar-refractivity contribution is 5.94. The maximum absolute atomic E-state index is 11.0. The summed E-state index contributed by atoms with van der Waals surface area (Å²) in [5.41, 5.74) is 0.431. The van der Waals surface area contributed by atoms with Crippen LogP contribution in [0, 0.1) is 0 Å². The quantitative estimate of drug-likeness (QED) is 0.565. The molecule has 1 rings (SSSR count). The molecular weight excluding hydrogens is 182 g/mol. The van der Waals surface area contributed by atoms with Crippen LogP contribution in [0.1, 0.15) is 23.7 Å². The summed E-state index contributed by atoms with van der Waals surface area (Å²) in [4.78, 5) is 21.5. The van der Waals surface area contributed by atoms with Crippen LogP contribution in [0.3, 0.4) is 0 Å². The SMILES string of the molecule is CCC(=O)Nc1cccc(C=O)c1O. The predicted molar refractivity (Wildman–Crippen MR) is 52.4 cm³/mol. The van der Waals surface area contributed by atoms with Gasteiger partial charge >= 0.3 is 0 Å². The van der Waals surface area contributed by atoms with E-state index in [2.05, 4.69) is 5.32 Å². The molecule has 74 valence electrons. The molecule has 0 aromatic heterocycles. The van der Waals surface area contributed by atoms with Gasteiger partial charge in [-0.1, -0.05) is 13.0 Å². The molecule has 0 radical (unpaired) electrons. The second kappa shape index (κ2) is 4.41. The number of aldehydes is 1. The summed E-state index contributed by atoms with van der Waals surface area (Å²) < 4.78 is 0. The number of nitrogens with one attached hydrogen (secondary N) is 1. The van der Waals surface area contributed by atoms with E-state index in [0.717, 1.165) is 0 Å². The van der Waals surface area contributed by atoms with Gasteiger partial charge in [0.2, 0.25) is 5.91 Å². The Morgan fingerprint density at radius 1 is 1.57 bits per heavy atom. The first-order chi connectivity index (χ1) is 6.69. The highest BCUT2D eigenvalue weighted by atomic mass is 16.3. The minimum atomic E-state index is -0.205. The number of benzene rings is 1. The zero-order chi connectivity index (χ0) is 10.6. The molecule has 0 saturated carbocycles. The highest BCUT2D eigenvalue weighted by Crippen LogP contribution is 2.25. The molecule has 4 nitrogen and oxygen atoms in total. The number of hydrogen-bond acceptors (Lipinski definition) is 3. The molecule has 2 N–H and O–H groups in total. The fourth-order valence-electron chi connectivity index (χ4n) is 0.996. The number of anilines is 1. The van der Waals surface area contributed by atoms with Crippen molar-refractivity contribution in [3.63, 3.8) is 0 Å². The van der Waals surface area contributed by atoms with Crippen molar-refractivity contribution in [1.29, 1.82) is 0 Å². The van der Waals surface area contributed by atoms with E-state index in [-0.39, 0.29) is 22.9 Å². The third-order valence-electron chi connectivity index (χ3n) is 1.79. The smallest absolute Gasteiger partial charge is 0.224 e. The monoisotopic (exact) mass is 193 g/mol. The standard InChI is InChI=1S/C10H11NO3/c1-2-9(13)11-8-5-3-4-7(6-12)10(8)14/h3-6,14H,2H2,1H3,(H,11,13). The van der Waals surface area contributed by atoms with Gasteiger partial charge in [0.15, 0.2) is 6.29 Å². The number of para-hydroxylation sites is 1. The minimum Gasteiger partial charge on any atom is -0.505 e. The van der Waals surface area contributed by atoms with E-state index in [4.69, 9.17) is 0 Å². The number of hydrogen-bond donors (Lipinski definition) is 2. The minimum absolute atomic E-state index is 0.166. The summed E-state index contributed by atoms with van der Waals surface area (Å²) in [6, 6.07) is 4.61. The van der Waals surface area contributed by atoms with Crippen LogP contribution in [0.2, 0.25) is 0 Å². The third kappa shape index (κ3) is 2.10. The Hall–Kier alpha value is -1.84. The Labute approximate surface area is 81.6 Å². The molecule has 0 aliphatic carbocycles. The van der Waals surface area contributed by atoms with E-state index in [1.54, 1.807) is 13.0 Å². The number of carbonyl (C=O) groups is 2. The average molecular weight is 193 g/mol. The molecule has 1 aromatic carbocycles. The van der Waals surface area contributed by atoms with E-state index < -0.39 is 0 Å². The van der Waals surface area contributed by atoms with Crippen LogP contribution in [0.25, 0.3) is 0 Å². The summed E-state index contributed by atoms with van der Waals surface area (Å²) in [6.07, 6.45) is 0.863. The normalized spacial score (nSPS) is 9.50. The molecule has 0 spiro atoms. The molecule has 0 atom stereocenters. The molecular formula is C10H11NO3. The lowest BCUT2D eigenvalue weighted by Gasteiger charge is -2.06. The van der Waals surface area contributed by atoms with Gasteiger partial charge in [-0.25, -0.2) is 0 Å². The maximum atomic E-state index is 11.0. The fourth-order valence-corrected chi connectivity index (χ4v) is 0.996. The fraction of sp³-hybridized carbons (Fsp3) is 0.200. The highest BCUT2D eigenvalue weighted by Gasteiger charge is 2.07. The van der Waals surface area contributed by atoms with Crippen molar-refractivity contribution in [2.24, 2.45) is 0 Å². The predicted octanol–water partition coefficient (Wildman–Crippen LogP) is 1.55. The lowest BCUT2D eigenvalue weighted by Crippen LogP contribution is -2.09. The number of phenolic OH excluding ortho intramolecular Hbond substituents is 1. The van der Waals surface area contributed by atoms with E-state index in [1.807, 2.05) is 0 Å². The van der Waals surface area contributed by atoms with Crippen LogP contribution >= 0.6 is 0 Å². The summed E-state index contributed by atoms with van der Waals surface area (Å²) in [7, 11) is 0. The first-order valence-corrected chi connectivity index (χ1v) is 4.26. The molecule has 14 heavy (non-hydrogen) atoms. The van der Waals surface area contributed by atoms with Crippen LogP contribution in [-0.4, -0.2) is 17.3 Å². The molecule has 1 amide bonds. The Bertz CT molecular complexity index is 360. The Morgan fingerprint density at radius 2 is 2.29 bits per heavy atom. The van der Waals surface area contributed by atoms with E-state index in [1.165, 1.54) is 12.1 Å². The number of carbonyl (C=O) groups excluding carboxylic acids is 2. The Morgan fingerprint density at radius 3 is 2.86 bits per heavy atom. The van der Waals surface area contributed by atoms with Crippen LogP contribution in [0.4, 0.5) is 5.69 Å². The van der Waals surface area contributed by atoms with Gasteiger partial charge in [0, 0.05) is 6.42 Å². The van der Waals surface area contributed by atoms with Crippen molar-refractivity contribution in [1.82, 2.24) is 0 Å². The molecule has 1 aromatic rings. The van der Waals surface area contributed by atoms with E-state index in [9.17, 15) is 14.7 Å². The molecule has 0 aliphatic heterocycles. The topological polar surface area (TPSA) is 66.4 Å². The van der Waals surface area contributed by atoms with Crippen LogP contribution < -0.4 is 5.32 Å². The summed E-state index contributed by atoms with van der Waals surface area (Å²) in [5.74, 6) is -0.396. The van der Waals surface area contributed by atoms with E-state index >= 15 is 0 Å². The molecule has 0 bridgehead atoms. The van der Waals surface area contributed by atoms with Gasteiger partial charge in [-0.05, 0) is 12.1 Å². The van der Waals surface area contributed by atoms with Gasteiger partial charge in [-0.2, -0.15) is 0 Å². The van der Waals surface area contributed by atoms with Crippen molar-refractivity contribution in [2.75, 3.05) is 5.32 Å². The number of aromatic hydroxyl groups is 1. The maximum Gasteiger partial charge on any atom is 0.224 e. The lowest BCUT2D eigenvalue weighted by molar-refractivity contribution is -0.115. The van der Waals surface area contributed by atoms with Gasteiger partial charge < -0.3 is 10.4 Å². The van der Waals surface area contributed by atoms with Gasteiger partial charge in [0.1, 0.15) is 5.75 Å². The Balaban J connectivity index is 2.97. The van der Waals surface area contributed by atoms with Crippen molar-refractivity contribution < 1.29 is 14.7 Å². The molecule has 4 heteroatoms. The second-order valence-corrected chi connectivity index (χ2v) is 2.76. The average Bonchev–Trinajstić information content (AvgIpc) is 2.21. The summed E-state index contributed by atoms with van der Waals surface area (Å²) in [6.45, 7) is 1.70. The molecule has 0 fully saturated rings. The zero-order valence-electron chi connectivity index (χ0n) is 7.78. The van der Waals surface area contributed by atoms with Crippen molar-refractivity contribution in [3.8, 4) is 5.75 Å². The van der Waals surface area contributed by atoms with Crippen LogP contribution in [0.5, 0.6) is 5.75 Å². The summed E-state index contributed by atoms with van der Waals surface area (Å²) >= 11 is 0. The molecule has 0 aliphatic rings. The van der Waals surface area contributed by atoms with Gasteiger partial charge in [0.05, 0.1) is 11.3 Å². The van der Waals surface area contributed by atoms with Gasteiger partial charge in [0.25, 0.3) is 0 Å². The first kappa shape index (κ1) is 10.2. The lowest BCUT2D eigenvalue weighted by atomic mass is 10.2. The molecule has 0 saturated heterocycles. The number of rotatable bonds is 3. The molecule has 0 unspecified atom stereocenters. The van der Waals surface area contributed by atoms with Gasteiger partial charge in [-0.3, -0.25) is 9.59 Å². The Kier molecular flexibility index (Phi) is 3.23. The second-order valence-electron chi connectivity index (χ2n) is 2.76. The molecule has 0 heterocycles. The third-order valence-corrected chi connectivity index (χ3v) is 1.79. The zero-order valence-corrected chi connectivity index (χ0v) is 7.78. The van der Waals surface area contributed by atoms with Crippen molar-refractivity contribution in [3.05, 3.63) is 23.8 Å². The number of phenols is 1. The van der Waals surface area contributed by atoms with Gasteiger partial charge in [-0.15, -0.1) is 0 Å². The largest absolute Gasteiger partial charge is 0.505 e. The van der Waals surface area contributed by atoms with Crippen LogP contribution in [0.15, 0.2) is 18.2 Å². The summed E-state index contributed by atoms with van der Waals surface area (Å²) in [5, 5.41) is 12.0. The first-order valence-electron chi connectivity index (χ1n) is 4.26. The van der Waals surface area contributed by atoms with Crippen LogP contribution in [-0.2, 0) is 4.79 Å². The van der Waals surface area contributed by atoms with E-state index in [0.29, 0.717) is 12.7 Å². The van der Waals surface area contributed by atoms with Crippen molar-refractivity contribution in [2.45, 2.75) is 13.3 Å². The number of amides is 1. The van der Waals surface area contributed by atoms with Crippen molar-refractivity contribution >= 4 is 17.9 Å².